The van der Waals surface area contributed by atoms with E-state index in [0.717, 1.165) is 27.8 Å². The molecule has 0 N–H and O–H groups in total. The average molecular weight is 540 g/mol. The lowest BCUT2D eigenvalue weighted by atomic mass is 9.95. The lowest BCUT2D eigenvalue weighted by molar-refractivity contribution is 0.0723. The first-order valence-corrected chi connectivity index (χ1v) is 13.6. The second kappa shape index (κ2) is 11.5. The molecule has 0 saturated heterocycles. The van der Waals surface area contributed by atoms with E-state index in [4.69, 9.17) is 25.8 Å². The maximum Gasteiger partial charge on any atom is 0.254 e. The Morgan fingerprint density at radius 1 is 1.05 bits per heavy atom. The van der Waals surface area contributed by atoms with Gasteiger partial charge in [-0.05, 0) is 71.7 Å². The summed E-state index contributed by atoms with van der Waals surface area (Å²) in [5.41, 5.74) is 4.75. The van der Waals surface area contributed by atoms with Crippen LogP contribution >= 0.6 is 23.4 Å². The van der Waals surface area contributed by atoms with Crippen molar-refractivity contribution < 1.29 is 19.0 Å². The molecular formula is C29H30ClNO5S. The first-order valence-electron chi connectivity index (χ1n) is 11.8. The molecule has 0 heterocycles. The minimum absolute atomic E-state index is 0.0911. The number of carbonyl (C=O) groups is 1. The number of halogens is 1. The van der Waals surface area contributed by atoms with Crippen LogP contribution in [0.1, 0.15) is 39.5 Å². The molecule has 0 fully saturated rings. The number of alkyl halides is 1. The van der Waals surface area contributed by atoms with Gasteiger partial charge in [-0.3, -0.25) is 9.59 Å². The summed E-state index contributed by atoms with van der Waals surface area (Å²) < 4.78 is 17.1. The van der Waals surface area contributed by atoms with Crippen LogP contribution in [-0.2, 0) is 12.3 Å². The minimum atomic E-state index is -0.356. The van der Waals surface area contributed by atoms with Gasteiger partial charge in [-0.2, -0.15) is 0 Å². The van der Waals surface area contributed by atoms with E-state index in [1.165, 1.54) is 11.8 Å². The second-order valence-electron chi connectivity index (χ2n) is 8.76. The van der Waals surface area contributed by atoms with Crippen molar-refractivity contribution in [2.24, 2.45) is 0 Å². The summed E-state index contributed by atoms with van der Waals surface area (Å²) in [6.07, 6.45) is 3.12. The highest BCUT2D eigenvalue weighted by Gasteiger charge is 2.32. The molecule has 1 aliphatic rings. The molecule has 3 aromatic carbocycles. The number of thioether (sulfide) groups is 1. The number of carbonyl (C=O) groups excluding carboxylic acids is 1. The van der Waals surface area contributed by atoms with Crippen LogP contribution in [0.3, 0.4) is 0 Å². The SMILES string of the molecule is COc1cc2c(c(OC)c1OC)-c1ccc(SC)c(=O)cc1[C@@H](N(C)C(=O)c1cccc(CCl)c1)CC2. The molecule has 1 aliphatic carbocycles. The minimum Gasteiger partial charge on any atom is -0.493 e. The average Bonchev–Trinajstić information content (AvgIpc) is 3.18. The molecule has 3 aromatic rings. The molecular weight excluding hydrogens is 510 g/mol. The van der Waals surface area contributed by atoms with Crippen molar-refractivity contribution in [3.8, 4) is 28.4 Å². The van der Waals surface area contributed by atoms with E-state index in [1.54, 1.807) is 45.4 Å². The third-order valence-electron chi connectivity index (χ3n) is 6.80. The molecule has 8 heteroatoms. The Morgan fingerprint density at radius 3 is 2.46 bits per heavy atom. The largest absolute Gasteiger partial charge is 0.493 e. The highest BCUT2D eigenvalue weighted by molar-refractivity contribution is 7.98. The van der Waals surface area contributed by atoms with Crippen LogP contribution in [0.4, 0.5) is 0 Å². The van der Waals surface area contributed by atoms with Crippen molar-refractivity contribution in [2.75, 3.05) is 34.6 Å². The summed E-state index contributed by atoms with van der Waals surface area (Å²) in [5.74, 6) is 1.76. The van der Waals surface area contributed by atoms with Gasteiger partial charge >= 0.3 is 0 Å². The van der Waals surface area contributed by atoms with Crippen molar-refractivity contribution in [1.29, 1.82) is 0 Å². The number of benzene rings is 2. The Hall–Kier alpha value is -3.16. The maximum atomic E-state index is 13.7. The fourth-order valence-corrected chi connectivity index (χ4v) is 5.61. The van der Waals surface area contributed by atoms with Gasteiger partial charge in [0.15, 0.2) is 16.9 Å². The molecule has 6 nitrogen and oxygen atoms in total. The number of fused-ring (bicyclic) bond motifs is 3. The number of ether oxygens (including phenoxy) is 3. The molecule has 0 saturated carbocycles. The van der Waals surface area contributed by atoms with Gasteiger partial charge in [0, 0.05) is 24.1 Å². The van der Waals surface area contributed by atoms with Gasteiger partial charge in [0.25, 0.3) is 5.91 Å². The molecule has 0 bridgehead atoms. The van der Waals surface area contributed by atoms with E-state index in [-0.39, 0.29) is 17.4 Å². The van der Waals surface area contributed by atoms with E-state index < -0.39 is 0 Å². The second-order valence-corrected chi connectivity index (χ2v) is 9.88. The first-order chi connectivity index (χ1) is 17.9. The van der Waals surface area contributed by atoms with Gasteiger partial charge in [-0.25, -0.2) is 0 Å². The Labute approximate surface area is 226 Å². The van der Waals surface area contributed by atoms with Crippen LogP contribution in [0.2, 0.25) is 0 Å². The summed E-state index contributed by atoms with van der Waals surface area (Å²) in [4.78, 5) is 29.2. The van der Waals surface area contributed by atoms with E-state index >= 15 is 0 Å². The van der Waals surface area contributed by atoms with Crippen molar-refractivity contribution in [3.05, 3.63) is 81.0 Å². The molecule has 194 valence electrons. The lowest BCUT2D eigenvalue weighted by Gasteiger charge is -2.28. The van der Waals surface area contributed by atoms with E-state index in [2.05, 4.69) is 0 Å². The number of methoxy groups -OCH3 is 3. The molecule has 0 unspecified atom stereocenters. The number of aryl methyl sites for hydroxylation is 1. The predicted octanol–water partition coefficient (Wildman–Crippen LogP) is 5.96. The Kier molecular flexibility index (Phi) is 8.35. The van der Waals surface area contributed by atoms with Crippen molar-refractivity contribution in [1.82, 2.24) is 4.90 Å². The first kappa shape index (κ1) is 26.9. The van der Waals surface area contributed by atoms with Gasteiger partial charge in [0.05, 0.1) is 32.3 Å². The number of hydrogen-bond acceptors (Lipinski definition) is 6. The molecule has 4 rings (SSSR count). The Morgan fingerprint density at radius 2 is 1.81 bits per heavy atom. The Bertz CT molecular complexity index is 1390. The van der Waals surface area contributed by atoms with Crippen LogP contribution in [0.15, 0.2) is 58.2 Å². The number of rotatable bonds is 7. The van der Waals surface area contributed by atoms with Crippen LogP contribution in [0.5, 0.6) is 17.2 Å². The highest BCUT2D eigenvalue weighted by atomic mass is 35.5. The molecule has 37 heavy (non-hydrogen) atoms. The summed E-state index contributed by atoms with van der Waals surface area (Å²) in [6.45, 7) is 0. The van der Waals surface area contributed by atoms with Gasteiger partial charge in [-0.15, -0.1) is 23.4 Å². The zero-order chi connectivity index (χ0) is 26.7. The van der Waals surface area contributed by atoms with Crippen LogP contribution < -0.4 is 19.6 Å². The highest BCUT2D eigenvalue weighted by Crippen LogP contribution is 2.50. The summed E-state index contributed by atoms with van der Waals surface area (Å²) >= 11 is 7.41. The standard InChI is InChI=1S/C29H30ClNO5S/c1-31(29(33)19-8-6-7-17(13-19)16-30)22-11-9-18-14-24(34-2)27(35-3)28(36-4)26(18)20-10-12-25(37-5)23(32)15-21(20)22/h6-8,10,12-15,22H,9,11,16H2,1-5H3/t22-/m0/s1. The number of amides is 1. The summed E-state index contributed by atoms with van der Waals surface area (Å²) in [6, 6.07) is 14.4. The lowest BCUT2D eigenvalue weighted by Crippen LogP contribution is -2.32. The summed E-state index contributed by atoms with van der Waals surface area (Å²) in [7, 11) is 6.54. The fourth-order valence-electron chi connectivity index (χ4n) is 4.98. The molecule has 0 spiro atoms. The van der Waals surface area contributed by atoms with Gasteiger partial charge in [-0.1, -0.05) is 18.2 Å². The monoisotopic (exact) mass is 539 g/mol. The van der Waals surface area contributed by atoms with Crippen molar-refractivity contribution >= 4 is 29.3 Å². The third kappa shape index (κ3) is 5.03. The van der Waals surface area contributed by atoms with Crippen molar-refractivity contribution in [2.45, 2.75) is 29.7 Å². The predicted molar refractivity (Wildman–Crippen MR) is 149 cm³/mol. The molecule has 0 aliphatic heterocycles. The van der Waals surface area contributed by atoms with Gasteiger partial charge < -0.3 is 19.1 Å². The maximum absolute atomic E-state index is 13.7. The normalized spacial score (nSPS) is 14.2. The zero-order valence-electron chi connectivity index (χ0n) is 21.6. The van der Waals surface area contributed by atoms with Crippen LogP contribution in [0.25, 0.3) is 11.1 Å². The van der Waals surface area contributed by atoms with E-state index in [9.17, 15) is 9.59 Å². The smallest absolute Gasteiger partial charge is 0.254 e. The molecule has 1 atom stereocenters. The Balaban J connectivity index is 1.96. The topological polar surface area (TPSA) is 65.1 Å². The molecule has 0 radical (unpaired) electrons. The third-order valence-corrected chi connectivity index (χ3v) is 7.89. The fraction of sp³-hybridized carbons (Fsp3) is 0.310. The van der Waals surface area contributed by atoms with Gasteiger partial charge in [0.1, 0.15) is 0 Å². The van der Waals surface area contributed by atoms with Gasteiger partial charge in [0.2, 0.25) is 5.75 Å². The van der Waals surface area contributed by atoms with Crippen LogP contribution in [0, 0.1) is 0 Å². The number of nitrogens with zero attached hydrogens (tertiary/aromatic N) is 1. The number of hydrogen-bond donors (Lipinski definition) is 0. The van der Waals surface area contributed by atoms with Crippen molar-refractivity contribution in [3.63, 3.8) is 0 Å². The van der Waals surface area contributed by atoms with Crippen LogP contribution in [-0.4, -0.2) is 45.4 Å². The molecule has 1 amide bonds. The van der Waals surface area contributed by atoms with E-state index in [0.29, 0.717) is 46.4 Å². The summed E-state index contributed by atoms with van der Waals surface area (Å²) in [5, 5.41) is 0. The molecule has 0 aromatic heterocycles. The zero-order valence-corrected chi connectivity index (χ0v) is 23.2. The van der Waals surface area contributed by atoms with E-state index in [1.807, 2.05) is 42.7 Å². The quantitative estimate of drug-likeness (QED) is 0.273.